The van der Waals surface area contributed by atoms with Gasteiger partial charge in [-0.25, -0.2) is 32.3 Å². The maximum Gasteiger partial charge on any atom is 0.335 e. The van der Waals surface area contributed by atoms with Gasteiger partial charge in [0.05, 0.1) is 41.5 Å². The molecule has 232 valence electrons. The first-order valence-electron chi connectivity index (χ1n) is 14.1. The molecule has 1 fully saturated rings. The van der Waals surface area contributed by atoms with Gasteiger partial charge in [-0.15, -0.1) is 0 Å². The quantitative estimate of drug-likeness (QED) is 0.174. The van der Waals surface area contributed by atoms with Crippen LogP contribution in [-0.4, -0.2) is 43.8 Å². The summed E-state index contributed by atoms with van der Waals surface area (Å²) in [7, 11) is 0. The van der Waals surface area contributed by atoms with E-state index in [2.05, 4.69) is 9.97 Å². The van der Waals surface area contributed by atoms with Crippen LogP contribution in [0.15, 0.2) is 66.9 Å². The highest BCUT2D eigenvalue weighted by Gasteiger charge is 2.39. The van der Waals surface area contributed by atoms with Crippen LogP contribution in [0, 0.1) is 17.0 Å². The van der Waals surface area contributed by atoms with Crippen molar-refractivity contribution in [2.45, 2.75) is 39.3 Å². The van der Waals surface area contributed by atoms with Crippen LogP contribution in [0.1, 0.15) is 59.3 Å². The Balaban J connectivity index is 1.28. The van der Waals surface area contributed by atoms with E-state index in [1.807, 2.05) is 18.4 Å². The molecule has 0 aliphatic carbocycles. The minimum Gasteiger partial charge on any atom is -0.478 e. The lowest BCUT2D eigenvalue weighted by Crippen LogP contribution is -2.27. The fourth-order valence-corrected chi connectivity index (χ4v) is 5.47. The van der Waals surface area contributed by atoms with Crippen LogP contribution in [0.3, 0.4) is 0 Å². The number of aromatic carboxylic acids is 1. The number of hydrogen-bond donors (Lipinski definition) is 1. The number of carbonyl (C=O) groups is 1. The number of pyridine rings is 2. The molecule has 0 spiro atoms. The number of benzene rings is 2. The van der Waals surface area contributed by atoms with Crippen molar-refractivity contribution in [1.29, 1.82) is 0 Å². The van der Waals surface area contributed by atoms with E-state index >= 15 is 8.78 Å². The molecule has 3 aromatic heterocycles. The molecular weight excluding hydrogens is 592 g/mol. The topological polar surface area (TPSA) is 99.4 Å². The van der Waals surface area contributed by atoms with Gasteiger partial charge in [0.15, 0.2) is 0 Å². The van der Waals surface area contributed by atoms with E-state index in [9.17, 15) is 18.7 Å². The Kier molecular flexibility index (Phi) is 8.00. The van der Waals surface area contributed by atoms with Crippen LogP contribution in [0.2, 0.25) is 0 Å². The van der Waals surface area contributed by atoms with Crippen molar-refractivity contribution in [2.75, 3.05) is 13.2 Å². The molecule has 0 saturated carbocycles. The smallest absolute Gasteiger partial charge is 0.335 e. The number of alkyl halides is 2. The molecule has 4 heterocycles. The van der Waals surface area contributed by atoms with Gasteiger partial charge < -0.3 is 19.1 Å². The van der Waals surface area contributed by atoms with Gasteiger partial charge in [-0.05, 0) is 48.0 Å². The van der Waals surface area contributed by atoms with Crippen molar-refractivity contribution >= 4 is 17.0 Å². The summed E-state index contributed by atoms with van der Waals surface area (Å²) < 4.78 is 70.0. The molecule has 1 N–H and O–H groups in total. The van der Waals surface area contributed by atoms with Crippen molar-refractivity contribution < 1.29 is 36.9 Å². The molecule has 1 atom stereocenters. The molecule has 2 aromatic carbocycles. The van der Waals surface area contributed by atoms with E-state index in [1.54, 1.807) is 18.2 Å². The summed E-state index contributed by atoms with van der Waals surface area (Å²) in [5.41, 5.74) is 1.20. The summed E-state index contributed by atoms with van der Waals surface area (Å²) >= 11 is 0. The second kappa shape index (κ2) is 11.9. The maximum atomic E-state index is 15.6. The van der Waals surface area contributed by atoms with Gasteiger partial charge in [0.25, 0.3) is 6.43 Å². The van der Waals surface area contributed by atoms with Crippen LogP contribution in [0.25, 0.3) is 22.3 Å². The minimum absolute atomic E-state index is 0.0133. The van der Waals surface area contributed by atoms with Gasteiger partial charge in [0, 0.05) is 35.2 Å². The van der Waals surface area contributed by atoms with Gasteiger partial charge in [-0.2, -0.15) is 0 Å². The second-order valence-corrected chi connectivity index (χ2v) is 11.6. The van der Waals surface area contributed by atoms with E-state index in [0.29, 0.717) is 35.6 Å². The lowest BCUT2D eigenvalue weighted by molar-refractivity contribution is 0.0697. The van der Waals surface area contributed by atoms with E-state index in [-0.39, 0.29) is 58.4 Å². The number of imidazole rings is 1. The summed E-state index contributed by atoms with van der Waals surface area (Å²) in [6.07, 6.45) is -1.46. The Bertz CT molecular complexity index is 1890. The fraction of sp³-hybridized carbons (Fsp3) is 0.273. The predicted molar refractivity (Wildman–Crippen MR) is 156 cm³/mol. The highest BCUT2D eigenvalue weighted by Crippen LogP contribution is 2.40. The van der Waals surface area contributed by atoms with Gasteiger partial charge in [0.2, 0.25) is 5.88 Å². The van der Waals surface area contributed by atoms with Gasteiger partial charge in [-0.1, -0.05) is 26.0 Å². The molecule has 0 radical (unpaired) electrons. The van der Waals surface area contributed by atoms with Gasteiger partial charge in [-0.3, -0.25) is 4.98 Å². The number of carboxylic acids is 1. The Labute approximate surface area is 255 Å². The SMILES string of the molecule is CC1(C)COCC1n1c(Cc2cc(F)c(-c3cccc(OCc4ccc(C(F)F)nc4)n3)cc2F)nc2ccc(C(=O)O)cc21. The number of carboxylic acid groups (broad SMARTS) is 1. The lowest BCUT2D eigenvalue weighted by Gasteiger charge is -2.28. The molecule has 1 aliphatic rings. The molecule has 1 aliphatic heterocycles. The van der Waals surface area contributed by atoms with E-state index < -0.39 is 24.0 Å². The molecule has 1 unspecified atom stereocenters. The normalized spacial score (nSPS) is 16.0. The van der Waals surface area contributed by atoms with Gasteiger partial charge >= 0.3 is 5.97 Å². The molecule has 45 heavy (non-hydrogen) atoms. The Morgan fingerprint density at radius 2 is 1.91 bits per heavy atom. The summed E-state index contributed by atoms with van der Waals surface area (Å²) in [6.45, 7) is 4.88. The van der Waals surface area contributed by atoms with Crippen LogP contribution < -0.4 is 4.74 Å². The highest BCUT2D eigenvalue weighted by atomic mass is 19.3. The van der Waals surface area contributed by atoms with Crippen molar-refractivity contribution in [3.63, 3.8) is 0 Å². The Hall–Kier alpha value is -4.84. The largest absolute Gasteiger partial charge is 0.478 e. The van der Waals surface area contributed by atoms with Crippen LogP contribution in [-0.2, 0) is 17.8 Å². The van der Waals surface area contributed by atoms with E-state index in [0.717, 1.165) is 12.1 Å². The number of aromatic nitrogens is 4. The second-order valence-electron chi connectivity index (χ2n) is 11.6. The van der Waals surface area contributed by atoms with Crippen molar-refractivity contribution in [3.05, 3.63) is 107 Å². The number of rotatable bonds is 9. The molecule has 5 aromatic rings. The standard InChI is InChI=1S/C33H28F4N4O4/c1-33(2)17-44-16-28(33)41-27-11-19(32(42)43)7-9-25(27)39-29(41)12-20-10-23(35)21(13-22(20)34)24-4-3-5-30(40-24)45-15-18-6-8-26(31(36)37)38-14-18/h3-11,13-14,28,31H,12,15-17H2,1-2H3,(H,42,43). The Morgan fingerprint density at radius 1 is 1.09 bits per heavy atom. The molecule has 12 heteroatoms. The summed E-state index contributed by atoms with van der Waals surface area (Å²) in [5.74, 6) is -1.88. The fourth-order valence-electron chi connectivity index (χ4n) is 5.47. The third kappa shape index (κ3) is 6.10. The molecule has 0 amide bonds. The zero-order valence-corrected chi connectivity index (χ0v) is 24.3. The summed E-state index contributed by atoms with van der Waals surface area (Å²) in [5, 5.41) is 9.57. The average Bonchev–Trinajstić information content (AvgIpc) is 3.54. The van der Waals surface area contributed by atoms with Crippen molar-refractivity contribution in [1.82, 2.24) is 19.5 Å². The number of hydrogen-bond acceptors (Lipinski definition) is 6. The van der Waals surface area contributed by atoms with Gasteiger partial charge in [0.1, 0.15) is 29.8 Å². The third-order valence-electron chi connectivity index (χ3n) is 7.92. The monoisotopic (exact) mass is 620 g/mol. The van der Waals surface area contributed by atoms with E-state index in [1.165, 1.54) is 36.5 Å². The van der Waals surface area contributed by atoms with E-state index in [4.69, 9.17) is 14.5 Å². The molecule has 6 rings (SSSR count). The first-order valence-corrected chi connectivity index (χ1v) is 14.1. The number of nitrogens with zero attached hydrogens (tertiary/aromatic N) is 4. The first-order chi connectivity index (χ1) is 21.5. The number of fused-ring (bicyclic) bond motifs is 1. The predicted octanol–water partition coefficient (Wildman–Crippen LogP) is 7.17. The van der Waals surface area contributed by atoms with Crippen molar-refractivity contribution in [2.24, 2.45) is 5.41 Å². The average molecular weight is 621 g/mol. The lowest BCUT2D eigenvalue weighted by atomic mass is 9.87. The Morgan fingerprint density at radius 3 is 2.60 bits per heavy atom. The zero-order chi connectivity index (χ0) is 31.9. The zero-order valence-electron chi connectivity index (χ0n) is 24.3. The van der Waals surface area contributed by atoms with Crippen LogP contribution >= 0.6 is 0 Å². The molecule has 8 nitrogen and oxygen atoms in total. The van der Waals surface area contributed by atoms with Crippen molar-refractivity contribution in [3.8, 4) is 17.1 Å². The summed E-state index contributed by atoms with van der Waals surface area (Å²) in [6, 6.07) is 13.9. The first kappa shape index (κ1) is 30.2. The summed E-state index contributed by atoms with van der Waals surface area (Å²) in [4.78, 5) is 24.4. The van der Waals surface area contributed by atoms with Crippen LogP contribution in [0.4, 0.5) is 17.6 Å². The molecule has 0 bridgehead atoms. The maximum absolute atomic E-state index is 15.6. The number of ether oxygens (including phenoxy) is 2. The third-order valence-corrected chi connectivity index (χ3v) is 7.92. The minimum atomic E-state index is -2.68. The number of halogens is 4. The molecular formula is C33H28F4N4O4. The highest BCUT2D eigenvalue weighted by molar-refractivity contribution is 5.92. The molecule has 1 saturated heterocycles. The van der Waals surface area contributed by atoms with Crippen LogP contribution in [0.5, 0.6) is 5.88 Å².